The van der Waals surface area contributed by atoms with E-state index in [1.165, 1.54) is 6.07 Å². The summed E-state index contributed by atoms with van der Waals surface area (Å²) in [6, 6.07) is 15.8. The fourth-order valence-corrected chi connectivity index (χ4v) is 2.61. The maximum atomic E-state index is 14.1. The van der Waals surface area contributed by atoms with E-state index in [1.54, 1.807) is 24.3 Å². The van der Waals surface area contributed by atoms with Crippen molar-refractivity contribution < 1.29 is 4.39 Å². The van der Waals surface area contributed by atoms with Crippen molar-refractivity contribution in [3.63, 3.8) is 0 Å². The van der Waals surface area contributed by atoms with Gasteiger partial charge in [-0.2, -0.15) is 0 Å². The van der Waals surface area contributed by atoms with Gasteiger partial charge in [0.05, 0.1) is 0 Å². The largest absolute Gasteiger partial charge is 0.206 e. The van der Waals surface area contributed by atoms with Crippen LogP contribution in [0.25, 0.3) is 21.9 Å². The number of hydrogen-bond donors (Lipinski definition) is 0. The number of rotatable bonds is 1. The van der Waals surface area contributed by atoms with Crippen LogP contribution in [0.5, 0.6) is 0 Å². The van der Waals surface area contributed by atoms with E-state index in [0.717, 1.165) is 16.5 Å². The molecule has 0 saturated carbocycles. The highest BCUT2D eigenvalue weighted by molar-refractivity contribution is 6.35. The molecule has 0 spiro atoms. The summed E-state index contributed by atoms with van der Waals surface area (Å²) in [5, 5.41) is 2.54. The van der Waals surface area contributed by atoms with Crippen LogP contribution in [0.3, 0.4) is 0 Å². The third-order valence-corrected chi connectivity index (χ3v) is 3.64. The molecule has 0 aliphatic heterocycles. The first kappa shape index (κ1) is 12.5. The highest BCUT2D eigenvalue weighted by Gasteiger charge is 2.11. The molecule has 19 heavy (non-hydrogen) atoms. The van der Waals surface area contributed by atoms with Crippen LogP contribution in [-0.2, 0) is 0 Å². The molecule has 0 atom stereocenters. The van der Waals surface area contributed by atoms with E-state index in [0.29, 0.717) is 15.4 Å². The van der Waals surface area contributed by atoms with Crippen molar-refractivity contribution in [3.05, 3.63) is 70.5 Å². The molecule has 3 heteroatoms. The van der Waals surface area contributed by atoms with Crippen LogP contribution in [0.4, 0.5) is 4.39 Å². The Hall–Kier alpha value is -1.57. The third kappa shape index (κ3) is 2.20. The number of benzene rings is 3. The standard InChI is InChI=1S/C16H9Cl2F/c17-11-7-8-14(18)13(9-11)12-5-1-3-10-4-2-6-15(19)16(10)12/h1-9H. The maximum absolute atomic E-state index is 14.1. The molecule has 3 aromatic rings. The van der Waals surface area contributed by atoms with Gasteiger partial charge in [0, 0.05) is 21.0 Å². The second-order valence-corrected chi connectivity index (χ2v) is 5.11. The molecule has 0 radical (unpaired) electrons. The summed E-state index contributed by atoms with van der Waals surface area (Å²) >= 11 is 12.2. The molecule has 0 bridgehead atoms. The fourth-order valence-electron chi connectivity index (χ4n) is 2.22. The van der Waals surface area contributed by atoms with Crippen LogP contribution in [0.1, 0.15) is 0 Å². The van der Waals surface area contributed by atoms with Crippen molar-refractivity contribution in [1.82, 2.24) is 0 Å². The number of hydrogen-bond acceptors (Lipinski definition) is 0. The smallest absolute Gasteiger partial charge is 0.131 e. The first-order valence-corrected chi connectivity index (χ1v) is 6.55. The van der Waals surface area contributed by atoms with E-state index in [2.05, 4.69) is 0 Å². The summed E-state index contributed by atoms with van der Waals surface area (Å²) in [6.45, 7) is 0. The number of halogens is 3. The van der Waals surface area contributed by atoms with Crippen molar-refractivity contribution in [2.75, 3.05) is 0 Å². The molecule has 0 heterocycles. The quantitative estimate of drug-likeness (QED) is 0.519. The van der Waals surface area contributed by atoms with E-state index < -0.39 is 0 Å². The van der Waals surface area contributed by atoms with Gasteiger partial charge in [0.2, 0.25) is 0 Å². The monoisotopic (exact) mass is 290 g/mol. The molecule has 0 N–H and O–H groups in total. The number of fused-ring (bicyclic) bond motifs is 1. The first-order chi connectivity index (χ1) is 9.16. The Balaban J connectivity index is 2.40. The molecule has 3 rings (SSSR count). The van der Waals surface area contributed by atoms with Crippen molar-refractivity contribution in [2.24, 2.45) is 0 Å². The average molecular weight is 291 g/mol. The van der Waals surface area contributed by atoms with E-state index >= 15 is 0 Å². The topological polar surface area (TPSA) is 0 Å². The minimum atomic E-state index is -0.260. The van der Waals surface area contributed by atoms with Gasteiger partial charge in [-0.1, -0.05) is 53.5 Å². The normalized spacial score (nSPS) is 10.9. The molecule has 0 fully saturated rings. The van der Waals surface area contributed by atoms with Gasteiger partial charge in [-0.05, 0) is 35.2 Å². The van der Waals surface area contributed by atoms with Gasteiger partial charge < -0.3 is 0 Å². The van der Waals surface area contributed by atoms with Crippen LogP contribution < -0.4 is 0 Å². The molecule has 3 aromatic carbocycles. The Morgan fingerprint density at radius 2 is 1.53 bits per heavy atom. The Morgan fingerprint density at radius 1 is 0.789 bits per heavy atom. The second-order valence-electron chi connectivity index (χ2n) is 4.27. The SMILES string of the molecule is Fc1cccc2cccc(-c3cc(Cl)ccc3Cl)c12. The lowest BCUT2D eigenvalue weighted by Gasteiger charge is -2.10. The predicted molar refractivity (Wildman–Crippen MR) is 79.4 cm³/mol. The lowest BCUT2D eigenvalue weighted by Crippen LogP contribution is -1.86. The first-order valence-electron chi connectivity index (χ1n) is 5.79. The molecule has 0 nitrogen and oxygen atoms in total. The summed E-state index contributed by atoms with van der Waals surface area (Å²) < 4.78 is 14.1. The summed E-state index contributed by atoms with van der Waals surface area (Å²) in [5.74, 6) is -0.260. The van der Waals surface area contributed by atoms with Crippen LogP contribution in [-0.4, -0.2) is 0 Å². The van der Waals surface area contributed by atoms with E-state index in [1.807, 2.05) is 24.3 Å². The molecule has 0 saturated heterocycles. The summed E-state index contributed by atoms with van der Waals surface area (Å²) in [5.41, 5.74) is 1.49. The average Bonchev–Trinajstić information content (AvgIpc) is 2.41. The van der Waals surface area contributed by atoms with Crippen molar-refractivity contribution in [3.8, 4) is 11.1 Å². The zero-order valence-corrected chi connectivity index (χ0v) is 11.3. The molecule has 0 amide bonds. The molecule has 94 valence electrons. The van der Waals surface area contributed by atoms with Gasteiger partial charge in [0.25, 0.3) is 0 Å². The van der Waals surface area contributed by atoms with Gasteiger partial charge in [-0.3, -0.25) is 0 Å². The van der Waals surface area contributed by atoms with Gasteiger partial charge in [-0.25, -0.2) is 4.39 Å². The zero-order valence-electron chi connectivity index (χ0n) is 9.83. The highest BCUT2D eigenvalue weighted by atomic mass is 35.5. The second kappa shape index (κ2) is 4.84. The lowest BCUT2D eigenvalue weighted by atomic mass is 9.98. The van der Waals surface area contributed by atoms with Crippen molar-refractivity contribution in [1.29, 1.82) is 0 Å². The zero-order chi connectivity index (χ0) is 13.4. The molecule has 0 aliphatic carbocycles. The molecular weight excluding hydrogens is 282 g/mol. The van der Waals surface area contributed by atoms with Crippen molar-refractivity contribution in [2.45, 2.75) is 0 Å². The van der Waals surface area contributed by atoms with Gasteiger partial charge >= 0.3 is 0 Å². The molecule has 0 aromatic heterocycles. The van der Waals surface area contributed by atoms with E-state index in [-0.39, 0.29) is 5.82 Å². The highest BCUT2D eigenvalue weighted by Crippen LogP contribution is 2.36. The van der Waals surface area contributed by atoms with Gasteiger partial charge in [-0.15, -0.1) is 0 Å². The Labute approximate surface area is 120 Å². The van der Waals surface area contributed by atoms with Gasteiger partial charge in [0.15, 0.2) is 0 Å². The molecule has 0 aliphatic rings. The Bertz CT molecular complexity index is 761. The third-order valence-electron chi connectivity index (χ3n) is 3.07. The van der Waals surface area contributed by atoms with Crippen LogP contribution in [0.2, 0.25) is 10.0 Å². The molecule has 0 unspecified atom stereocenters. The van der Waals surface area contributed by atoms with E-state index in [9.17, 15) is 4.39 Å². The summed E-state index contributed by atoms with van der Waals surface area (Å²) in [6.07, 6.45) is 0. The minimum Gasteiger partial charge on any atom is -0.206 e. The Kier molecular flexibility index (Phi) is 3.17. The van der Waals surface area contributed by atoms with Crippen molar-refractivity contribution >= 4 is 34.0 Å². The Morgan fingerprint density at radius 3 is 2.32 bits per heavy atom. The van der Waals surface area contributed by atoms with Gasteiger partial charge in [0.1, 0.15) is 5.82 Å². The van der Waals surface area contributed by atoms with Crippen LogP contribution >= 0.6 is 23.2 Å². The summed E-state index contributed by atoms with van der Waals surface area (Å²) in [4.78, 5) is 0. The fraction of sp³-hybridized carbons (Fsp3) is 0. The predicted octanol–water partition coefficient (Wildman–Crippen LogP) is 5.95. The maximum Gasteiger partial charge on any atom is 0.131 e. The minimum absolute atomic E-state index is 0.260. The van der Waals surface area contributed by atoms with E-state index in [4.69, 9.17) is 23.2 Å². The van der Waals surface area contributed by atoms with Crippen LogP contribution in [0.15, 0.2) is 54.6 Å². The molecular formula is C16H9Cl2F. The summed E-state index contributed by atoms with van der Waals surface area (Å²) in [7, 11) is 0. The van der Waals surface area contributed by atoms with Crippen LogP contribution in [0, 0.1) is 5.82 Å². The lowest BCUT2D eigenvalue weighted by molar-refractivity contribution is 0.640.